The van der Waals surface area contributed by atoms with Gasteiger partial charge in [0.2, 0.25) is 0 Å². The van der Waals surface area contributed by atoms with Crippen molar-refractivity contribution in [1.82, 2.24) is 4.98 Å². The van der Waals surface area contributed by atoms with E-state index < -0.39 is 5.97 Å². The number of carboxylic acids is 1. The van der Waals surface area contributed by atoms with E-state index in [1.807, 2.05) is 12.1 Å². The van der Waals surface area contributed by atoms with Crippen LogP contribution in [0.15, 0.2) is 42.5 Å². The molecule has 2 rings (SSSR count). The van der Waals surface area contributed by atoms with Gasteiger partial charge in [-0.1, -0.05) is 35.9 Å². The molecule has 4 heteroatoms. The van der Waals surface area contributed by atoms with Gasteiger partial charge in [0.15, 0.2) is 0 Å². The molecule has 0 bridgehead atoms. The summed E-state index contributed by atoms with van der Waals surface area (Å²) in [6.45, 7) is 0. The molecular formula is C12H8ClNO2. The third-order valence-corrected chi connectivity index (χ3v) is 2.45. The Bertz CT molecular complexity index is 540. The lowest BCUT2D eigenvalue weighted by Crippen LogP contribution is -2.00. The number of benzene rings is 1. The molecule has 0 saturated heterocycles. The van der Waals surface area contributed by atoms with E-state index in [9.17, 15) is 4.79 Å². The topological polar surface area (TPSA) is 50.2 Å². The zero-order chi connectivity index (χ0) is 11.5. The van der Waals surface area contributed by atoms with Crippen LogP contribution in [0.4, 0.5) is 0 Å². The number of pyridine rings is 1. The van der Waals surface area contributed by atoms with E-state index in [2.05, 4.69) is 4.98 Å². The molecule has 0 fully saturated rings. The van der Waals surface area contributed by atoms with Crippen LogP contribution in [-0.2, 0) is 0 Å². The molecule has 16 heavy (non-hydrogen) atoms. The Balaban J connectivity index is 2.53. The number of halogens is 1. The Labute approximate surface area is 97.3 Å². The maximum absolute atomic E-state index is 10.8. The predicted molar refractivity (Wildman–Crippen MR) is 61.6 cm³/mol. The van der Waals surface area contributed by atoms with E-state index >= 15 is 0 Å². The maximum Gasteiger partial charge on any atom is 0.354 e. The Morgan fingerprint density at radius 2 is 1.88 bits per heavy atom. The number of carbonyl (C=O) groups is 1. The van der Waals surface area contributed by atoms with Gasteiger partial charge in [-0.15, -0.1) is 0 Å². The SMILES string of the molecule is O=C(O)c1cccc(-c2ccccc2Cl)n1. The minimum absolute atomic E-state index is 0.0115. The second-order valence-corrected chi connectivity index (χ2v) is 3.60. The lowest BCUT2D eigenvalue weighted by Gasteiger charge is -2.03. The lowest BCUT2D eigenvalue weighted by atomic mass is 10.1. The lowest BCUT2D eigenvalue weighted by molar-refractivity contribution is 0.0690. The Morgan fingerprint density at radius 3 is 2.56 bits per heavy atom. The largest absolute Gasteiger partial charge is 0.477 e. The average Bonchev–Trinajstić information content (AvgIpc) is 2.30. The van der Waals surface area contributed by atoms with Gasteiger partial charge < -0.3 is 5.11 Å². The minimum atomic E-state index is -1.05. The highest BCUT2D eigenvalue weighted by Crippen LogP contribution is 2.25. The summed E-state index contributed by atoms with van der Waals surface area (Å²) in [6.07, 6.45) is 0. The van der Waals surface area contributed by atoms with Gasteiger partial charge in [0.05, 0.1) is 5.69 Å². The normalized spacial score (nSPS) is 10.1. The Hall–Kier alpha value is -1.87. The molecule has 0 aliphatic rings. The zero-order valence-corrected chi connectivity index (χ0v) is 8.98. The third-order valence-electron chi connectivity index (χ3n) is 2.12. The molecule has 1 aromatic carbocycles. The van der Waals surface area contributed by atoms with E-state index in [1.54, 1.807) is 24.3 Å². The van der Waals surface area contributed by atoms with Crippen molar-refractivity contribution < 1.29 is 9.90 Å². The quantitative estimate of drug-likeness (QED) is 0.867. The minimum Gasteiger partial charge on any atom is -0.477 e. The van der Waals surface area contributed by atoms with Crippen molar-refractivity contribution >= 4 is 17.6 Å². The second-order valence-electron chi connectivity index (χ2n) is 3.19. The average molecular weight is 234 g/mol. The number of carboxylic acid groups (broad SMARTS) is 1. The molecule has 3 nitrogen and oxygen atoms in total. The summed E-state index contributed by atoms with van der Waals surface area (Å²) in [5.41, 5.74) is 1.30. The first-order chi connectivity index (χ1) is 7.68. The fourth-order valence-electron chi connectivity index (χ4n) is 1.37. The molecule has 1 N–H and O–H groups in total. The van der Waals surface area contributed by atoms with Gasteiger partial charge in [0.25, 0.3) is 0 Å². The number of rotatable bonds is 2. The van der Waals surface area contributed by atoms with Gasteiger partial charge in [-0.05, 0) is 18.2 Å². The van der Waals surface area contributed by atoms with Crippen molar-refractivity contribution in [2.45, 2.75) is 0 Å². The zero-order valence-electron chi connectivity index (χ0n) is 8.22. The molecular weight excluding hydrogens is 226 g/mol. The van der Waals surface area contributed by atoms with Crippen LogP contribution >= 0.6 is 11.6 Å². The van der Waals surface area contributed by atoms with Crippen LogP contribution in [0.5, 0.6) is 0 Å². The fraction of sp³-hybridized carbons (Fsp3) is 0. The number of nitrogens with zero attached hydrogens (tertiary/aromatic N) is 1. The van der Waals surface area contributed by atoms with Crippen molar-refractivity contribution in [1.29, 1.82) is 0 Å². The summed E-state index contributed by atoms with van der Waals surface area (Å²) in [7, 11) is 0. The highest BCUT2D eigenvalue weighted by Gasteiger charge is 2.08. The van der Waals surface area contributed by atoms with Crippen molar-refractivity contribution in [3.8, 4) is 11.3 Å². The van der Waals surface area contributed by atoms with Crippen molar-refractivity contribution in [2.24, 2.45) is 0 Å². The van der Waals surface area contributed by atoms with Crippen LogP contribution in [0.3, 0.4) is 0 Å². The predicted octanol–water partition coefficient (Wildman–Crippen LogP) is 3.10. The van der Waals surface area contributed by atoms with E-state index in [4.69, 9.17) is 16.7 Å². The molecule has 0 spiro atoms. The second kappa shape index (κ2) is 4.33. The molecule has 0 amide bonds. The van der Waals surface area contributed by atoms with Crippen LogP contribution < -0.4 is 0 Å². The van der Waals surface area contributed by atoms with Crippen LogP contribution in [0.25, 0.3) is 11.3 Å². The number of aromatic carboxylic acids is 1. The van der Waals surface area contributed by atoms with E-state index in [0.29, 0.717) is 10.7 Å². The number of hydrogen-bond acceptors (Lipinski definition) is 2. The van der Waals surface area contributed by atoms with Gasteiger partial charge in [-0.25, -0.2) is 9.78 Å². The van der Waals surface area contributed by atoms with Gasteiger partial charge in [-0.3, -0.25) is 0 Å². The van der Waals surface area contributed by atoms with Gasteiger partial charge in [0.1, 0.15) is 5.69 Å². The Kier molecular flexibility index (Phi) is 2.88. The molecule has 0 aliphatic carbocycles. The monoisotopic (exact) mass is 233 g/mol. The summed E-state index contributed by atoms with van der Waals surface area (Å²) < 4.78 is 0. The Morgan fingerprint density at radius 1 is 1.12 bits per heavy atom. The van der Waals surface area contributed by atoms with Crippen molar-refractivity contribution in [2.75, 3.05) is 0 Å². The van der Waals surface area contributed by atoms with E-state index in [-0.39, 0.29) is 5.69 Å². The van der Waals surface area contributed by atoms with Crippen LogP contribution in [0.1, 0.15) is 10.5 Å². The van der Waals surface area contributed by atoms with Crippen LogP contribution in [0, 0.1) is 0 Å². The molecule has 2 aromatic rings. The van der Waals surface area contributed by atoms with E-state index in [1.165, 1.54) is 6.07 Å². The summed E-state index contributed by atoms with van der Waals surface area (Å²) in [5, 5.41) is 9.38. The van der Waals surface area contributed by atoms with Gasteiger partial charge in [-0.2, -0.15) is 0 Å². The van der Waals surface area contributed by atoms with Crippen molar-refractivity contribution in [3.63, 3.8) is 0 Å². The highest BCUT2D eigenvalue weighted by molar-refractivity contribution is 6.33. The highest BCUT2D eigenvalue weighted by atomic mass is 35.5. The maximum atomic E-state index is 10.8. The standard InChI is InChI=1S/C12H8ClNO2/c13-9-5-2-1-4-8(9)10-6-3-7-11(14-10)12(15)16/h1-7H,(H,15,16). The first-order valence-electron chi connectivity index (χ1n) is 4.64. The molecule has 80 valence electrons. The summed E-state index contributed by atoms with van der Waals surface area (Å²) in [6, 6.07) is 12.0. The number of aromatic nitrogens is 1. The number of hydrogen-bond donors (Lipinski definition) is 1. The smallest absolute Gasteiger partial charge is 0.354 e. The molecule has 0 saturated carbocycles. The molecule has 0 atom stereocenters. The molecule has 0 radical (unpaired) electrons. The van der Waals surface area contributed by atoms with Crippen LogP contribution in [-0.4, -0.2) is 16.1 Å². The first kappa shape index (κ1) is 10.6. The van der Waals surface area contributed by atoms with Crippen LogP contribution in [0.2, 0.25) is 5.02 Å². The summed E-state index contributed by atoms with van der Waals surface area (Å²) in [4.78, 5) is 14.8. The molecule has 1 aromatic heterocycles. The fourth-order valence-corrected chi connectivity index (χ4v) is 1.61. The molecule has 0 unspecified atom stereocenters. The van der Waals surface area contributed by atoms with E-state index in [0.717, 1.165) is 5.56 Å². The van der Waals surface area contributed by atoms with Crippen molar-refractivity contribution in [3.05, 3.63) is 53.2 Å². The molecule has 1 heterocycles. The van der Waals surface area contributed by atoms with Gasteiger partial charge >= 0.3 is 5.97 Å². The van der Waals surface area contributed by atoms with Gasteiger partial charge in [0, 0.05) is 10.6 Å². The summed E-state index contributed by atoms with van der Waals surface area (Å²) >= 11 is 6.00. The summed E-state index contributed by atoms with van der Waals surface area (Å²) in [5.74, 6) is -1.05. The molecule has 0 aliphatic heterocycles. The third kappa shape index (κ3) is 2.04. The first-order valence-corrected chi connectivity index (χ1v) is 5.01.